The van der Waals surface area contributed by atoms with Crippen molar-refractivity contribution in [2.45, 2.75) is 33.1 Å². The average Bonchev–Trinajstić information content (AvgIpc) is 2.28. The number of carbonyl (C=O) groups excluding carboxylic acids is 1. The van der Waals surface area contributed by atoms with E-state index in [-0.39, 0.29) is 5.91 Å². The van der Waals surface area contributed by atoms with Gasteiger partial charge in [0.25, 0.3) is 0 Å². The van der Waals surface area contributed by atoms with Crippen LogP contribution in [0.15, 0.2) is 0 Å². The highest BCUT2D eigenvalue weighted by molar-refractivity contribution is 5.75. The summed E-state index contributed by atoms with van der Waals surface area (Å²) in [5.41, 5.74) is -0.649. The Morgan fingerprint density at radius 3 is 2.43 bits per heavy atom. The Hall–Kier alpha value is -1.06. The number of nitrogens with zero attached hydrogens (tertiary/aromatic N) is 1. The van der Waals surface area contributed by atoms with Crippen molar-refractivity contribution < 1.29 is 14.7 Å². The normalized spacial score (nSPS) is 28.3. The maximum absolute atomic E-state index is 11.1. The lowest BCUT2D eigenvalue weighted by Gasteiger charge is -2.22. The zero-order valence-corrected chi connectivity index (χ0v) is 8.75. The van der Waals surface area contributed by atoms with Gasteiger partial charge in [0.05, 0.1) is 5.41 Å². The van der Waals surface area contributed by atoms with Gasteiger partial charge in [0, 0.05) is 20.0 Å². The van der Waals surface area contributed by atoms with E-state index in [2.05, 4.69) is 0 Å². The molecule has 1 fully saturated rings. The van der Waals surface area contributed by atoms with E-state index in [0.717, 1.165) is 6.42 Å². The minimum absolute atomic E-state index is 0.0413. The second-order valence-electron chi connectivity index (χ2n) is 4.23. The third kappa shape index (κ3) is 2.25. The third-order valence-corrected chi connectivity index (χ3v) is 3.05. The third-order valence-electron chi connectivity index (χ3n) is 3.05. The Kier molecular flexibility index (Phi) is 3.13. The molecule has 80 valence electrons. The number of amides is 1. The van der Waals surface area contributed by atoms with Gasteiger partial charge >= 0.3 is 5.97 Å². The fourth-order valence-corrected chi connectivity index (χ4v) is 1.81. The number of rotatable bonds is 1. The molecule has 1 unspecified atom stereocenters. The van der Waals surface area contributed by atoms with Crippen LogP contribution in [0.1, 0.15) is 33.1 Å². The Balaban J connectivity index is 2.65. The fourth-order valence-electron chi connectivity index (χ4n) is 1.81. The molecule has 0 aromatic carbocycles. The van der Waals surface area contributed by atoms with E-state index in [0.29, 0.717) is 25.9 Å². The highest BCUT2D eigenvalue weighted by Gasteiger charge is 2.35. The zero-order chi connectivity index (χ0) is 10.8. The van der Waals surface area contributed by atoms with Crippen molar-refractivity contribution in [1.82, 2.24) is 4.90 Å². The molecule has 1 heterocycles. The summed E-state index contributed by atoms with van der Waals surface area (Å²) in [7, 11) is 0. The maximum atomic E-state index is 11.1. The summed E-state index contributed by atoms with van der Waals surface area (Å²) in [4.78, 5) is 23.8. The summed E-state index contributed by atoms with van der Waals surface area (Å²) in [5, 5.41) is 9.04. The van der Waals surface area contributed by atoms with Crippen LogP contribution in [0.2, 0.25) is 0 Å². The van der Waals surface area contributed by atoms with E-state index in [9.17, 15) is 9.59 Å². The summed E-state index contributed by atoms with van der Waals surface area (Å²) in [6.07, 6.45) is 2.00. The summed E-state index contributed by atoms with van der Waals surface area (Å²) in [6, 6.07) is 0. The predicted molar refractivity (Wildman–Crippen MR) is 51.8 cm³/mol. The molecule has 1 amide bonds. The Morgan fingerprint density at radius 2 is 1.93 bits per heavy atom. The number of hydrogen-bond donors (Lipinski definition) is 1. The van der Waals surface area contributed by atoms with Gasteiger partial charge in [0.1, 0.15) is 0 Å². The SMILES string of the molecule is CC(=O)N1CCCC(C)(C(=O)O)CC1. The van der Waals surface area contributed by atoms with Gasteiger partial charge in [0.15, 0.2) is 0 Å². The van der Waals surface area contributed by atoms with E-state index in [1.54, 1.807) is 11.8 Å². The molecule has 1 aliphatic heterocycles. The van der Waals surface area contributed by atoms with E-state index >= 15 is 0 Å². The van der Waals surface area contributed by atoms with Gasteiger partial charge < -0.3 is 10.0 Å². The van der Waals surface area contributed by atoms with Crippen LogP contribution in [0.4, 0.5) is 0 Å². The predicted octanol–water partition coefficient (Wildman–Crippen LogP) is 1.11. The lowest BCUT2D eigenvalue weighted by atomic mass is 9.83. The van der Waals surface area contributed by atoms with E-state index < -0.39 is 11.4 Å². The number of carboxylic acid groups (broad SMARTS) is 1. The van der Waals surface area contributed by atoms with E-state index in [1.807, 2.05) is 0 Å². The van der Waals surface area contributed by atoms with Crippen LogP contribution in [-0.2, 0) is 9.59 Å². The van der Waals surface area contributed by atoms with Gasteiger partial charge in [0.2, 0.25) is 5.91 Å². The van der Waals surface area contributed by atoms with Crippen molar-refractivity contribution in [3.05, 3.63) is 0 Å². The van der Waals surface area contributed by atoms with Gasteiger partial charge in [-0.25, -0.2) is 0 Å². The van der Waals surface area contributed by atoms with Crippen molar-refractivity contribution in [3.8, 4) is 0 Å². The smallest absolute Gasteiger partial charge is 0.309 e. The Bertz CT molecular complexity index is 252. The van der Waals surface area contributed by atoms with Gasteiger partial charge in [-0.3, -0.25) is 9.59 Å². The fraction of sp³-hybridized carbons (Fsp3) is 0.800. The number of carboxylic acids is 1. The van der Waals surface area contributed by atoms with Crippen LogP contribution in [-0.4, -0.2) is 35.0 Å². The van der Waals surface area contributed by atoms with Crippen molar-refractivity contribution in [2.75, 3.05) is 13.1 Å². The molecule has 1 rings (SSSR count). The Morgan fingerprint density at radius 1 is 1.29 bits per heavy atom. The number of hydrogen-bond acceptors (Lipinski definition) is 2. The minimum Gasteiger partial charge on any atom is -0.481 e. The number of likely N-dealkylation sites (tertiary alicyclic amines) is 1. The maximum Gasteiger partial charge on any atom is 0.309 e. The highest BCUT2D eigenvalue weighted by Crippen LogP contribution is 2.30. The average molecular weight is 199 g/mol. The van der Waals surface area contributed by atoms with Crippen LogP contribution in [0.25, 0.3) is 0 Å². The van der Waals surface area contributed by atoms with Crippen molar-refractivity contribution in [1.29, 1.82) is 0 Å². The quantitative estimate of drug-likeness (QED) is 0.688. The molecule has 4 heteroatoms. The van der Waals surface area contributed by atoms with Gasteiger partial charge in [-0.05, 0) is 26.2 Å². The standard InChI is InChI=1S/C10H17NO3/c1-8(12)11-6-3-4-10(2,5-7-11)9(13)14/h3-7H2,1-2H3,(H,13,14). The van der Waals surface area contributed by atoms with Crippen LogP contribution in [0.3, 0.4) is 0 Å². The largest absolute Gasteiger partial charge is 0.481 e. The van der Waals surface area contributed by atoms with E-state index in [1.165, 1.54) is 6.92 Å². The number of aliphatic carboxylic acids is 1. The first-order chi connectivity index (χ1) is 6.46. The van der Waals surface area contributed by atoms with Crippen LogP contribution < -0.4 is 0 Å². The van der Waals surface area contributed by atoms with Gasteiger partial charge in [-0.15, -0.1) is 0 Å². The lowest BCUT2D eigenvalue weighted by molar-refractivity contribution is -0.148. The molecule has 0 bridgehead atoms. The van der Waals surface area contributed by atoms with Crippen molar-refractivity contribution in [2.24, 2.45) is 5.41 Å². The first-order valence-corrected chi connectivity index (χ1v) is 4.95. The Labute approximate surface area is 83.9 Å². The molecule has 0 aliphatic carbocycles. The molecule has 0 spiro atoms. The molecule has 0 radical (unpaired) electrons. The van der Waals surface area contributed by atoms with Gasteiger partial charge in [-0.1, -0.05) is 0 Å². The van der Waals surface area contributed by atoms with Crippen LogP contribution in [0, 0.1) is 5.41 Å². The van der Waals surface area contributed by atoms with Crippen LogP contribution >= 0.6 is 0 Å². The molecule has 4 nitrogen and oxygen atoms in total. The lowest BCUT2D eigenvalue weighted by Crippen LogP contribution is -2.32. The van der Waals surface area contributed by atoms with Crippen molar-refractivity contribution >= 4 is 11.9 Å². The second-order valence-corrected chi connectivity index (χ2v) is 4.23. The molecule has 1 N–H and O–H groups in total. The molecule has 1 atom stereocenters. The summed E-state index contributed by atoms with van der Waals surface area (Å²) in [5.74, 6) is -0.706. The van der Waals surface area contributed by atoms with E-state index in [4.69, 9.17) is 5.11 Å². The zero-order valence-electron chi connectivity index (χ0n) is 8.75. The minimum atomic E-state index is -0.747. The molecule has 0 aromatic rings. The first kappa shape index (κ1) is 11.0. The molecule has 0 aromatic heterocycles. The highest BCUT2D eigenvalue weighted by atomic mass is 16.4. The number of carbonyl (C=O) groups is 2. The molecule has 0 saturated carbocycles. The molecule has 14 heavy (non-hydrogen) atoms. The molecule has 1 saturated heterocycles. The molecular formula is C10H17NO3. The molecule has 1 aliphatic rings. The van der Waals surface area contributed by atoms with Gasteiger partial charge in [-0.2, -0.15) is 0 Å². The monoisotopic (exact) mass is 199 g/mol. The van der Waals surface area contributed by atoms with Crippen molar-refractivity contribution in [3.63, 3.8) is 0 Å². The summed E-state index contributed by atoms with van der Waals surface area (Å²) < 4.78 is 0. The van der Waals surface area contributed by atoms with Crippen LogP contribution in [0.5, 0.6) is 0 Å². The molecular weight excluding hydrogens is 182 g/mol. The summed E-state index contributed by atoms with van der Waals surface area (Å²) >= 11 is 0. The topological polar surface area (TPSA) is 57.6 Å². The first-order valence-electron chi connectivity index (χ1n) is 4.95. The second kappa shape index (κ2) is 3.98. The summed E-state index contributed by atoms with van der Waals surface area (Å²) in [6.45, 7) is 4.55.